The summed E-state index contributed by atoms with van der Waals surface area (Å²) in [4.78, 5) is 29.5. The Morgan fingerprint density at radius 1 is 1.00 bits per heavy atom. The van der Waals surface area contributed by atoms with Crippen LogP contribution in [0.15, 0.2) is 54.6 Å². The quantitative estimate of drug-likeness (QED) is 0.589. The summed E-state index contributed by atoms with van der Waals surface area (Å²) >= 11 is 0. The van der Waals surface area contributed by atoms with E-state index in [0.29, 0.717) is 31.6 Å². The number of carbonyl (C=O) groups is 2. The summed E-state index contributed by atoms with van der Waals surface area (Å²) in [5.74, 6) is -1.46. The van der Waals surface area contributed by atoms with E-state index in [4.69, 9.17) is 0 Å². The van der Waals surface area contributed by atoms with Crippen molar-refractivity contribution in [3.05, 3.63) is 77.4 Å². The molecule has 2 fully saturated rings. The number of carbonyl (C=O) groups excluding carboxylic acids is 2. The van der Waals surface area contributed by atoms with Crippen LogP contribution >= 0.6 is 0 Å². The monoisotopic (exact) mass is 452 g/mol. The lowest BCUT2D eigenvalue weighted by Crippen LogP contribution is -2.56. The highest BCUT2D eigenvalue weighted by Gasteiger charge is 2.38. The van der Waals surface area contributed by atoms with Gasteiger partial charge in [-0.1, -0.05) is 36.4 Å². The first-order chi connectivity index (χ1) is 16.0. The number of benzene rings is 2. The van der Waals surface area contributed by atoms with Crippen molar-refractivity contribution in [2.75, 3.05) is 19.6 Å². The molecule has 2 saturated heterocycles. The van der Waals surface area contributed by atoms with Crippen LogP contribution in [-0.4, -0.2) is 47.3 Å². The molecule has 174 valence electrons. The van der Waals surface area contributed by atoms with E-state index in [0.717, 1.165) is 44.2 Å². The van der Waals surface area contributed by atoms with Gasteiger partial charge < -0.3 is 9.80 Å². The van der Waals surface area contributed by atoms with E-state index in [1.807, 2.05) is 28.0 Å². The van der Waals surface area contributed by atoms with E-state index in [1.165, 1.54) is 23.8 Å². The molecule has 2 aliphatic heterocycles. The third kappa shape index (κ3) is 5.86. The van der Waals surface area contributed by atoms with Gasteiger partial charge in [-0.3, -0.25) is 9.59 Å². The topological polar surface area (TPSA) is 40.6 Å². The zero-order valence-electron chi connectivity index (χ0n) is 18.8. The van der Waals surface area contributed by atoms with Gasteiger partial charge in [0.05, 0.1) is 0 Å². The molecule has 2 aliphatic rings. The minimum absolute atomic E-state index is 0.114. The standard InChI is InChI=1S/C27H30F2N2O2/c28-23-13-11-21(18-24(23)29)12-14-27(33)31-16-5-9-22-19-30(17-15-25(22)31)26(32)10-4-8-20-6-2-1-3-7-20/h1-3,6-7,11-14,18,22,25H,4-5,8-10,15-17,19H2/b14-12+/t22-,25+/m1/s1. The van der Waals surface area contributed by atoms with Gasteiger partial charge in [0.15, 0.2) is 11.6 Å². The SMILES string of the molecule is O=C(CCCc1ccccc1)N1CC[C@H]2[C@H](CCCN2C(=O)/C=C/c2ccc(F)c(F)c2)C1. The highest BCUT2D eigenvalue weighted by atomic mass is 19.2. The summed E-state index contributed by atoms with van der Waals surface area (Å²) in [6, 6.07) is 13.9. The second kappa shape index (κ2) is 10.7. The Morgan fingerprint density at radius 2 is 1.82 bits per heavy atom. The van der Waals surface area contributed by atoms with Crippen molar-refractivity contribution in [3.8, 4) is 0 Å². The van der Waals surface area contributed by atoms with Crippen LogP contribution in [0.25, 0.3) is 6.08 Å². The van der Waals surface area contributed by atoms with Gasteiger partial charge in [0, 0.05) is 38.2 Å². The molecule has 0 bridgehead atoms. The number of amides is 2. The second-order valence-corrected chi connectivity index (χ2v) is 8.98. The Bertz CT molecular complexity index is 1010. The van der Waals surface area contributed by atoms with Crippen LogP contribution in [0.2, 0.25) is 0 Å². The van der Waals surface area contributed by atoms with Gasteiger partial charge in [0.1, 0.15) is 0 Å². The average Bonchev–Trinajstić information content (AvgIpc) is 2.84. The molecule has 0 spiro atoms. The van der Waals surface area contributed by atoms with Gasteiger partial charge in [-0.05, 0) is 67.4 Å². The summed E-state index contributed by atoms with van der Waals surface area (Å²) in [6.45, 7) is 2.06. The van der Waals surface area contributed by atoms with Crippen molar-refractivity contribution in [1.29, 1.82) is 0 Å². The number of piperidine rings is 2. The summed E-state index contributed by atoms with van der Waals surface area (Å²) in [5.41, 5.74) is 1.70. The molecular formula is C27H30F2N2O2. The van der Waals surface area contributed by atoms with Crippen LogP contribution < -0.4 is 0 Å². The van der Waals surface area contributed by atoms with Gasteiger partial charge in [-0.2, -0.15) is 0 Å². The van der Waals surface area contributed by atoms with Gasteiger partial charge in [-0.25, -0.2) is 8.78 Å². The smallest absolute Gasteiger partial charge is 0.246 e. The molecule has 0 radical (unpaired) electrons. The van der Waals surface area contributed by atoms with Crippen LogP contribution in [0.4, 0.5) is 8.78 Å². The largest absolute Gasteiger partial charge is 0.342 e. The molecule has 33 heavy (non-hydrogen) atoms. The molecule has 4 rings (SSSR count). The second-order valence-electron chi connectivity index (χ2n) is 8.98. The Hall–Kier alpha value is -3.02. The molecule has 0 aliphatic carbocycles. The van der Waals surface area contributed by atoms with Crippen molar-refractivity contribution in [2.24, 2.45) is 5.92 Å². The predicted molar refractivity (Wildman–Crippen MR) is 124 cm³/mol. The third-order valence-corrected chi connectivity index (χ3v) is 6.76. The zero-order valence-corrected chi connectivity index (χ0v) is 18.8. The number of fused-ring (bicyclic) bond motifs is 1. The fourth-order valence-corrected chi connectivity index (χ4v) is 5.03. The van der Waals surface area contributed by atoms with Gasteiger partial charge in [0.25, 0.3) is 0 Å². The van der Waals surface area contributed by atoms with E-state index in [1.54, 1.807) is 0 Å². The van der Waals surface area contributed by atoms with Crippen LogP contribution in [0, 0.1) is 17.6 Å². The molecule has 4 nitrogen and oxygen atoms in total. The van der Waals surface area contributed by atoms with Crippen molar-refractivity contribution in [1.82, 2.24) is 9.80 Å². The van der Waals surface area contributed by atoms with E-state index >= 15 is 0 Å². The number of likely N-dealkylation sites (tertiary alicyclic amines) is 2. The molecule has 2 heterocycles. The van der Waals surface area contributed by atoms with Crippen molar-refractivity contribution in [3.63, 3.8) is 0 Å². The number of hydrogen-bond acceptors (Lipinski definition) is 2. The molecule has 0 saturated carbocycles. The Morgan fingerprint density at radius 3 is 2.61 bits per heavy atom. The highest BCUT2D eigenvalue weighted by Crippen LogP contribution is 2.31. The fourth-order valence-electron chi connectivity index (χ4n) is 5.03. The lowest BCUT2D eigenvalue weighted by Gasteiger charge is -2.47. The lowest BCUT2D eigenvalue weighted by atomic mass is 9.83. The first-order valence-electron chi connectivity index (χ1n) is 11.8. The molecule has 2 amide bonds. The summed E-state index contributed by atoms with van der Waals surface area (Å²) in [7, 11) is 0. The van der Waals surface area contributed by atoms with Crippen molar-refractivity contribution >= 4 is 17.9 Å². The van der Waals surface area contributed by atoms with Crippen LogP contribution in [0.3, 0.4) is 0 Å². The molecule has 0 N–H and O–H groups in total. The van der Waals surface area contributed by atoms with Crippen LogP contribution in [0.1, 0.15) is 43.2 Å². The summed E-state index contributed by atoms with van der Waals surface area (Å²) < 4.78 is 26.5. The van der Waals surface area contributed by atoms with Gasteiger partial charge in [0.2, 0.25) is 11.8 Å². The Kier molecular flexibility index (Phi) is 7.53. The first kappa shape index (κ1) is 23.1. The van der Waals surface area contributed by atoms with Crippen molar-refractivity contribution < 1.29 is 18.4 Å². The fraction of sp³-hybridized carbons (Fsp3) is 0.407. The lowest BCUT2D eigenvalue weighted by molar-refractivity contribution is -0.138. The third-order valence-electron chi connectivity index (χ3n) is 6.76. The Balaban J connectivity index is 1.30. The molecule has 0 unspecified atom stereocenters. The Labute approximate surface area is 193 Å². The molecule has 6 heteroatoms. The van der Waals surface area contributed by atoms with Gasteiger partial charge >= 0.3 is 0 Å². The van der Waals surface area contributed by atoms with Gasteiger partial charge in [-0.15, -0.1) is 0 Å². The number of aryl methyl sites for hydroxylation is 1. The molecule has 2 aromatic carbocycles. The maximum absolute atomic E-state index is 13.4. The summed E-state index contributed by atoms with van der Waals surface area (Å²) in [5, 5.41) is 0. The van der Waals surface area contributed by atoms with E-state index in [9.17, 15) is 18.4 Å². The van der Waals surface area contributed by atoms with Crippen molar-refractivity contribution in [2.45, 2.75) is 44.6 Å². The van der Waals surface area contributed by atoms with E-state index in [2.05, 4.69) is 12.1 Å². The minimum Gasteiger partial charge on any atom is -0.342 e. The number of hydrogen-bond donors (Lipinski definition) is 0. The molecule has 2 aromatic rings. The molecular weight excluding hydrogens is 422 g/mol. The number of rotatable bonds is 6. The van der Waals surface area contributed by atoms with E-state index < -0.39 is 11.6 Å². The maximum atomic E-state index is 13.4. The molecule has 2 atom stereocenters. The minimum atomic E-state index is -0.927. The number of nitrogens with zero attached hydrogens (tertiary/aromatic N) is 2. The predicted octanol–water partition coefficient (Wildman–Crippen LogP) is 4.84. The highest BCUT2D eigenvalue weighted by molar-refractivity contribution is 5.92. The van der Waals surface area contributed by atoms with E-state index in [-0.39, 0.29) is 23.8 Å². The first-order valence-corrected chi connectivity index (χ1v) is 11.8. The van der Waals surface area contributed by atoms with Crippen LogP contribution in [-0.2, 0) is 16.0 Å². The summed E-state index contributed by atoms with van der Waals surface area (Å²) in [6.07, 6.45) is 7.95. The molecule has 0 aromatic heterocycles. The maximum Gasteiger partial charge on any atom is 0.246 e. The zero-order chi connectivity index (χ0) is 23.2. The average molecular weight is 453 g/mol. The van der Waals surface area contributed by atoms with Crippen LogP contribution in [0.5, 0.6) is 0 Å². The normalized spacial score (nSPS) is 20.7. The number of halogens is 2.